The van der Waals surface area contributed by atoms with Gasteiger partial charge in [-0.25, -0.2) is 0 Å². The van der Waals surface area contributed by atoms with Gasteiger partial charge in [0.2, 0.25) is 0 Å². The molecule has 2 aromatic heterocycles. The topological polar surface area (TPSA) is 4.93 Å². The Balaban J connectivity index is 1.00. The average Bonchev–Trinajstić information content (AvgIpc) is 3.93. The summed E-state index contributed by atoms with van der Waals surface area (Å²) in [6, 6.07) is 88.1. The Morgan fingerprint density at radius 1 is 0.258 bits per heavy atom. The molecule has 14 rings (SSSR count). The molecule has 0 saturated heterocycles. The number of fused-ring (bicyclic) bond motifs is 10. The quantitative estimate of drug-likeness (QED) is 0.120. The van der Waals surface area contributed by atoms with Gasteiger partial charge in [0.25, 0.3) is 0 Å². The first-order chi connectivity index (χ1) is 32.8. The van der Waals surface area contributed by atoms with Crippen LogP contribution in [0.2, 0.25) is 0 Å². The van der Waals surface area contributed by atoms with E-state index in [0.29, 0.717) is 0 Å². The molecule has 0 atom stereocenters. The van der Waals surface area contributed by atoms with E-state index in [1.165, 1.54) is 134 Å². The van der Waals surface area contributed by atoms with Gasteiger partial charge in [-0.05, 0) is 12.1 Å². The number of aromatic nitrogens is 1. The molecule has 0 saturated carbocycles. The van der Waals surface area contributed by atoms with Crippen molar-refractivity contribution in [3.05, 3.63) is 237 Å². The standard InChI is InChI=1S/C64H39NSe/c1-3-19-40(20-4-1)59-43-23-7-11-27-47(43)62(48-28-12-8-24-44(48)59)54-33-18-36-57-64(54)52-38-37-41(39-58(52)66-57)60-45-25-9-13-29-49(45)61(50-30-14-10-26-46(50)60)53-32-17-35-56-63(53)51-31-15-16-34-55(51)65(56)42-21-5-2-6-22-42/h1-39H. The van der Waals surface area contributed by atoms with E-state index < -0.39 is 0 Å². The molecule has 66 heavy (non-hydrogen) atoms. The van der Waals surface area contributed by atoms with E-state index in [0.717, 1.165) is 0 Å². The molecule has 0 fully saturated rings. The number of hydrogen-bond donors (Lipinski definition) is 0. The molecule has 0 aliphatic carbocycles. The monoisotopic (exact) mass is 901 g/mol. The minimum atomic E-state index is 0.139. The number of rotatable bonds is 5. The molecular formula is C64H39NSe. The summed E-state index contributed by atoms with van der Waals surface area (Å²) in [6.45, 7) is 0. The first-order valence-electron chi connectivity index (χ1n) is 22.8. The summed E-state index contributed by atoms with van der Waals surface area (Å²) >= 11 is 0.139. The van der Waals surface area contributed by atoms with Crippen LogP contribution >= 0.6 is 0 Å². The van der Waals surface area contributed by atoms with Gasteiger partial charge in [-0.3, -0.25) is 0 Å². The Labute approximate surface area is 387 Å². The third-order valence-corrected chi connectivity index (χ3v) is 16.3. The summed E-state index contributed by atoms with van der Waals surface area (Å²) in [5, 5.41) is 15.5. The molecule has 0 bridgehead atoms. The number of para-hydroxylation sites is 2. The third-order valence-electron chi connectivity index (χ3n) is 14.0. The van der Waals surface area contributed by atoms with Crippen molar-refractivity contribution in [3.8, 4) is 50.2 Å². The Bertz CT molecular complexity index is 4160. The summed E-state index contributed by atoms with van der Waals surface area (Å²) in [5.74, 6) is 0. The molecular weight excluding hydrogens is 862 g/mol. The predicted octanol–water partition coefficient (Wildman–Crippen LogP) is 17.4. The molecule has 0 aliphatic rings. The summed E-state index contributed by atoms with van der Waals surface area (Å²) in [5.41, 5.74) is 13.9. The summed E-state index contributed by atoms with van der Waals surface area (Å²) in [7, 11) is 0. The van der Waals surface area contributed by atoms with Crippen LogP contribution in [0.25, 0.3) is 134 Å². The van der Waals surface area contributed by atoms with Gasteiger partial charge in [0.1, 0.15) is 0 Å². The molecule has 2 heterocycles. The van der Waals surface area contributed by atoms with E-state index in [4.69, 9.17) is 0 Å². The van der Waals surface area contributed by atoms with Crippen LogP contribution < -0.4 is 0 Å². The van der Waals surface area contributed by atoms with Gasteiger partial charge in [0.05, 0.1) is 0 Å². The van der Waals surface area contributed by atoms with Gasteiger partial charge in [-0.1, -0.05) is 24.3 Å². The van der Waals surface area contributed by atoms with Gasteiger partial charge in [-0.15, -0.1) is 0 Å². The van der Waals surface area contributed by atoms with Crippen molar-refractivity contribution in [2.75, 3.05) is 0 Å². The molecule has 0 amide bonds. The van der Waals surface area contributed by atoms with Gasteiger partial charge in [0.15, 0.2) is 0 Å². The molecule has 0 spiro atoms. The number of hydrogen-bond acceptors (Lipinski definition) is 0. The van der Waals surface area contributed by atoms with E-state index in [1.54, 1.807) is 0 Å². The van der Waals surface area contributed by atoms with Crippen LogP contribution in [0.4, 0.5) is 0 Å². The SMILES string of the molecule is c1ccc(-c2c3ccccc3c(-c3cccc4[se]c5cc(-c6c7ccccc7c(-c7cccc8c7c7ccccc7n8-c7ccccc7)c7ccccc67)ccc5c34)c3ccccc23)cc1. The first kappa shape index (κ1) is 37.4. The Kier molecular flexibility index (Phi) is 8.37. The van der Waals surface area contributed by atoms with Gasteiger partial charge in [-0.2, -0.15) is 0 Å². The van der Waals surface area contributed by atoms with Crippen molar-refractivity contribution in [1.29, 1.82) is 0 Å². The maximum atomic E-state index is 2.52. The molecule has 0 unspecified atom stereocenters. The predicted molar refractivity (Wildman–Crippen MR) is 285 cm³/mol. The molecule has 0 N–H and O–H groups in total. The summed E-state index contributed by atoms with van der Waals surface area (Å²) in [6.07, 6.45) is 0. The third kappa shape index (κ3) is 5.47. The second-order valence-electron chi connectivity index (χ2n) is 17.4. The fraction of sp³-hybridized carbons (Fsp3) is 0. The number of nitrogens with zero attached hydrogens (tertiary/aromatic N) is 1. The van der Waals surface area contributed by atoms with Crippen molar-refractivity contribution in [2.24, 2.45) is 0 Å². The Morgan fingerprint density at radius 3 is 1.27 bits per heavy atom. The first-order valence-corrected chi connectivity index (χ1v) is 24.5. The van der Waals surface area contributed by atoms with Crippen molar-refractivity contribution in [2.45, 2.75) is 0 Å². The van der Waals surface area contributed by atoms with Crippen LogP contribution in [-0.2, 0) is 0 Å². The maximum absolute atomic E-state index is 2.52. The van der Waals surface area contributed by atoms with Gasteiger partial charge in [0, 0.05) is 0 Å². The van der Waals surface area contributed by atoms with E-state index in [1.807, 2.05) is 0 Å². The van der Waals surface area contributed by atoms with Crippen LogP contribution in [0.15, 0.2) is 237 Å². The molecule has 306 valence electrons. The Hall–Kier alpha value is -8.00. The van der Waals surface area contributed by atoms with Crippen LogP contribution in [-0.4, -0.2) is 19.1 Å². The minimum absolute atomic E-state index is 0.139. The Morgan fingerprint density at radius 2 is 0.697 bits per heavy atom. The number of benzene rings is 12. The molecule has 1 nitrogen and oxygen atoms in total. The van der Waals surface area contributed by atoms with Crippen LogP contribution in [0, 0.1) is 0 Å². The van der Waals surface area contributed by atoms with Crippen molar-refractivity contribution >= 4 is 98.7 Å². The van der Waals surface area contributed by atoms with E-state index in [-0.39, 0.29) is 14.5 Å². The van der Waals surface area contributed by atoms with E-state index in [2.05, 4.69) is 241 Å². The van der Waals surface area contributed by atoms with Gasteiger partial charge < -0.3 is 0 Å². The van der Waals surface area contributed by atoms with Crippen molar-refractivity contribution < 1.29 is 0 Å². The van der Waals surface area contributed by atoms with Crippen molar-refractivity contribution in [1.82, 2.24) is 4.57 Å². The second kappa shape index (κ2) is 14.8. The van der Waals surface area contributed by atoms with Crippen LogP contribution in [0.3, 0.4) is 0 Å². The molecule has 12 aromatic carbocycles. The molecule has 14 aromatic rings. The zero-order valence-corrected chi connectivity index (χ0v) is 37.6. The fourth-order valence-electron chi connectivity index (χ4n) is 11.3. The molecule has 2 heteroatoms. The van der Waals surface area contributed by atoms with E-state index >= 15 is 0 Å². The normalized spacial score (nSPS) is 11.9. The van der Waals surface area contributed by atoms with Crippen molar-refractivity contribution in [3.63, 3.8) is 0 Å². The van der Waals surface area contributed by atoms with E-state index in [9.17, 15) is 0 Å². The van der Waals surface area contributed by atoms with Crippen LogP contribution in [0.1, 0.15) is 0 Å². The summed E-state index contributed by atoms with van der Waals surface area (Å²) < 4.78 is 5.31. The average molecular weight is 901 g/mol. The summed E-state index contributed by atoms with van der Waals surface area (Å²) in [4.78, 5) is 0. The zero-order chi connectivity index (χ0) is 43.3. The molecule has 0 aliphatic heterocycles. The second-order valence-corrected chi connectivity index (χ2v) is 19.7. The molecule has 0 radical (unpaired) electrons. The fourth-order valence-corrected chi connectivity index (χ4v) is 13.8. The zero-order valence-electron chi connectivity index (χ0n) is 35.9. The van der Waals surface area contributed by atoms with Gasteiger partial charge >= 0.3 is 354 Å². The van der Waals surface area contributed by atoms with Crippen LogP contribution in [0.5, 0.6) is 0 Å².